The second kappa shape index (κ2) is 2.92. The van der Waals surface area contributed by atoms with Crippen molar-refractivity contribution in [1.82, 2.24) is 0 Å². The third kappa shape index (κ3) is 1.25. The fourth-order valence-electron chi connectivity index (χ4n) is 1.05. The molecule has 0 fully saturated rings. The second-order valence-electron chi connectivity index (χ2n) is 2.48. The molecule has 0 saturated heterocycles. The number of carbonyl (C=O) groups excluding carboxylic acids is 1. The molecule has 0 unspecified atom stereocenters. The largest absolute Gasteiger partial charge is 1.02 e. The van der Waals surface area contributed by atoms with Crippen LogP contribution in [-0.2, 0) is 0 Å². The van der Waals surface area contributed by atoms with Crippen molar-refractivity contribution >= 4 is 27.4 Å². The molecule has 12 heavy (non-hydrogen) atoms. The van der Waals surface area contributed by atoms with Gasteiger partial charge in [-0.3, -0.25) is 0 Å². The molecule has 0 spiro atoms. The van der Waals surface area contributed by atoms with Crippen molar-refractivity contribution in [2.45, 2.75) is 6.92 Å². The van der Waals surface area contributed by atoms with Gasteiger partial charge in [0.2, 0.25) is 0 Å². The van der Waals surface area contributed by atoms with E-state index in [2.05, 4.69) is 0 Å². The van der Waals surface area contributed by atoms with Crippen molar-refractivity contribution in [3.8, 4) is 5.75 Å². The van der Waals surface area contributed by atoms with Crippen molar-refractivity contribution in [1.29, 1.82) is 0 Å². The van der Waals surface area contributed by atoms with Gasteiger partial charge in [0.25, 0.3) is 5.78 Å². The first-order valence-corrected chi connectivity index (χ1v) is 4.69. The van der Waals surface area contributed by atoms with Gasteiger partial charge in [-0.2, -0.15) is 0 Å². The summed E-state index contributed by atoms with van der Waals surface area (Å²) in [5.41, 5.74) is 0.984. The zero-order chi connectivity index (χ0) is 8.55. The van der Waals surface area contributed by atoms with E-state index in [1.807, 2.05) is 19.1 Å². The average molecular weight is 198 g/mol. The first kappa shape index (κ1) is 7.83. The minimum atomic E-state index is 0.0497. The van der Waals surface area contributed by atoms with Crippen LogP contribution in [0.1, 0.15) is 16.6 Å². The molecular weight excluding hydrogens is 192 g/mol. The summed E-state index contributed by atoms with van der Waals surface area (Å²) in [6.45, 7) is 1.92. The molecule has 4 heteroatoms. The Kier molecular flexibility index (Phi) is 1.90. The number of benzene rings is 1. The SMILES string of the molecule is CC1=[O+][Si]Oc2cc(Cl)ccc21. The highest BCUT2D eigenvalue weighted by Gasteiger charge is 2.27. The van der Waals surface area contributed by atoms with Gasteiger partial charge in [-0.05, 0) is 18.2 Å². The summed E-state index contributed by atoms with van der Waals surface area (Å²) in [7, 11) is 0.0497. The van der Waals surface area contributed by atoms with Gasteiger partial charge < -0.3 is 8.54 Å². The highest BCUT2D eigenvalue weighted by atomic mass is 35.5. The first-order chi connectivity index (χ1) is 5.77. The molecule has 0 saturated carbocycles. The highest BCUT2D eigenvalue weighted by Crippen LogP contribution is 2.25. The Balaban J connectivity index is 2.56. The van der Waals surface area contributed by atoms with Crippen LogP contribution in [0.25, 0.3) is 0 Å². The van der Waals surface area contributed by atoms with E-state index < -0.39 is 0 Å². The van der Waals surface area contributed by atoms with Gasteiger partial charge in [0.1, 0.15) is 11.3 Å². The van der Waals surface area contributed by atoms with Gasteiger partial charge in [0.15, 0.2) is 0 Å². The number of ketones is 1. The maximum absolute atomic E-state index is 5.80. The van der Waals surface area contributed by atoms with E-state index in [0.717, 1.165) is 17.1 Å². The van der Waals surface area contributed by atoms with Gasteiger partial charge in [0, 0.05) is 11.9 Å². The Bertz CT molecular complexity index is 349. The molecule has 1 aromatic carbocycles. The van der Waals surface area contributed by atoms with Gasteiger partial charge in [-0.15, -0.1) is 0 Å². The summed E-state index contributed by atoms with van der Waals surface area (Å²) >= 11 is 5.80. The summed E-state index contributed by atoms with van der Waals surface area (Å²) in [5, 5.41) is 0.688. The predicted octanol–water partition coefficient (Wildman–Crippen LogP) is 2.00. The molecule has 0 N–H and O–H groups in total. The number of fused-ring (bicyclic) bond motifs is 1. The highest BCUT2D eigenvalue weighted by molar-refractivity contribution is 6.31. The molecule has 1 aliphatic heterocycles. The molecule has 60 valence electrons. The summed E-state index contributed by atoms with van der Waals surface area (Å²) in [5.74, 6) is 1.70. The van der Waals surface area contributed by atoms with Crippen LogP contribution < -0.4 is 4.43 Å². The Hall–Kier alpha value is -0.803. The van der Waals surface area contributed by atoms with Gasteiger partial charge >= 0.3 is 10.0 Å². The Morgan fingerprint density at radius 1 is 1.50 bits per heavy atom. The zero-order valence-corrected chi connectivity index (χ0v) is 8.18. The Morgan fingerprint density at radius 3 is 3.17 bits per heavy atom. The van der Waals surface area contributed by atoms with E-state index in [0.29, 0.717) is 5.02 Å². The summed E-state index contributed by atoms with van der Waals surface area (Å²) in [6.07, 6.45) is 0. The second-order valence-corrected chi connectivity index (χ2v) is 3.50. The number of hydrogen-bond acceptors (Lipinski definition) is 1. The quantitative estimate of drug-likeness (QED) is 0.460. The molecule has 0 bridgehead atoms. The van der Waals surface area contributed by atoms with Crippen molar-refractivity contribution in [3.63, 3.8) is 0 Å². The molecule has 1 heterocycles. The lowest BCUT2D eigenvalue weighted by molar-refractivity contribution is -0.102. The minimum Gasteiger partial charge on any atom is -0.460 e. The molecule has 1 aliphatic rings. The zero-order valence-electron chi connectivity index (χ0n) is 6.43. The standard InChI is InChI=1S/C8H6ClO2Si/c1-5-7-3-2-6(9)4-8(7)11-12-10-5/h2-4H,1H3/q+1. The molecule has 0 amide bonds. The van der Waals surface area contributed by atoms with E-state index in [1.165, 1.54) is 0 Å². The molecule has 2 nitrogen and oxygen atoms in total. The summed E-state index contributed by atoms with van der Waals surface area (Å²) in [4.78, 5) is 0. The molecule has 2 radical (unpaired) electrons. The van der Waals surface area contributed by atoms with E-state index in [4.69, 9.17) is 20.1 Å². The number of rotatable bonds is 0. The van der Waals surface area contributed by atoms with Crippen LogP contribution >= 0.6 is 11.6 Å². The van der Waals surface area contributed by atoms with Crippen molar-refractivity contribution < 1.29 is 8.54 Å². The van der Waals surface area contributed by atoms with Crippen LogP contribution in [0, 0.1) is 0 Å². The monoisotopic (exact) mass is 197 g/mol. The first-order valence-electron chi connectivity index (χ1n) is 3.49. The van der Waals surface area contributed by atoms with Crippen LogP contribution in [0.4, 0.5) is 0 Å². The van der Waals surface area contributed by atoms with E-state index in [1.54, 1.807) is 6.07 Å². The lowest BCUT2D eigenvalue weighted by Gasteiger charge is -2.05. The lowest BCUT2D eigenvalue weighted by atomic mass is 10.1. The van der Waals surface area contributed by atoms with Crippen LogP contribution in [0.15, 0.2) is 18.2 Å². The maximum Gasteiger partial charge on any atom is 1.02 e. The fourth-order valence-corrected chi connectivity index (χ4v) is 1.75. The Morgan fingerprint density at radius 2 is 2.33 bits per heavy atom. The van der Waals surface area contributed by atoms with Crippen molar-refractivity contribution in [2.75, 3.05) is 0 Å². The summed E-state index contributed by atoms with van der Waals surface area (Å²) in [6, 6.07) is 5.53. The molecule has 0 aromatic heterocycles. The maximum atomic E-state index is 5.80. The predicted molar refractivity (Wildman–Crippen MR) is 47.8 cm³/mol. The van der Waals surface area contributed by atoms with Crippen LogP contribution in [0.2, 0.25) is 5.02 Å². The van der Waals surface area contributed by atoms with Crippen molar-refractivity contribution in [2.24, 2.45) is 0 Å². The average Bonchev–Trinajstić information content (AvgIpc) is 2.04. The molecular formula is C8H6ClO2Si+. The molecule has 0 aliphatic carbocycles. The minimum absolute atomic E-state index is 0.0497. The lowest BCUT2D eigenvalue weighted by Crippen LogP contribution is -2.13. The molecule has 1 aromatic rings. The molecule has 2 rings (SSSR count). The normalized spacial score (nSPS) is 14.7. The molecule has 0 atom stereocenters. The van der Waals surface area contributed by atoms with E-state index in [9.17, 15) is 0 Å². The van der Waals surface area contributed by atoms with Crippen LogP contribution in [0.5, 0.6) is 5.75 Å². The Labute approximate surface area is 77.9 Å². The van der Waals surface area contributed by atoms with E-state index >= 15 is 0 Å². The number of hydrogen-bond donors (Lipinski definition) is 0. The van der Waals surface area contributed by atoms with Gasteiger partial charge in [-0.1, -0.05) is 11.6 Å². The fraction of sp³-hybridized carbons (Fsp3) is 0.125. The van der Waals surface area contributed by atoms with Crippen molar-refractivity contribution in [3.05, 3.63) is 28.8 Å². The smallest absolute Gasteiger partial charge is 0.460 e. The third-order valence-electron chi connectivity index (χ3n) is 1.67. The van der Waals surface area contributed by atoms with E-state index in [-0.39, 0.29) is 10.0 Å². The van der Waals surface area contributed by atoms with Crippen LogP contribution in [-0.4, -0.2) is 15.8 Å². The van der Waals surface area contributed by atoms with Gasteiger partial charge in [-0.25, -0.2) is 0 Å². The number of halogens is 1. The third-order valence-corrected chi connectivity index (χ3v) is 2.60. The van der Waals surface area contributed by atoms with Crippen LogP contribution in [0.3, 0.4) is 0 Å². The summed E-state index contributed by atoms with van der Waals surface area (Å²) < 4.78 is 10.5. The topological polar surface area (TPSA) is 20.5 Å². The van der Waals surface area contributed by atoms with Gasteiger partial charge in [0.05, 0.1) is 0 Å².